The van der Waals surface area contributed by atoms with E-state index in [0.29, 0.717) is 12.0 Å². The number of benzene rings is 1. The molecule has 0 spiro atoms. The molecule has 0 aliphatic carbocycles. The fourth-order valence-corrected chi connectivity index (χ4v) is 2.92. The van der Waals surface area contributed by atoms with Crippen LogP contribution in [0.1, 0.15) is 25.3 Å². The van der Waals surface area contributed by atoms with Crippen molar-refractivity contribution in [3.8, 4) is 0 Å². The molecule has 0 aromatic heterocycles. The number of carboxylic acid groups (broad SMARTS) is 1. The zero-order valence-corrected chi connectivity index (χ0v) is 11.7. The Labute approximate surface area is 113 Å². The number of aliphatic carboxylic acids is 1. The van der Waals surface area contributed by atoms with E-state index in [1.807, 2.05) is 13.0 Å². The molecular formula is C13H19NO4S. The number of carboxylic acids is 1. The average Bonchev–Trinajstić information content (AvgIpc) is 2.34. The lowest BCUT2D eigenvalue weighted by atomic mass is 10.0. The van der Waals surface area contributed by atoms with Gasteiger partial charge in [0.15, 0.2) is 0 Å². The molecule has 1 aromatic carbocycles. The monoisotopic (exact) mass is 285 g/mol. The predicted octanol–water partition coefficient (Wildman–Crippen LogP) is 1.61. The molecule has 0 aliphatic rings. The second kappa shape index (κ2) is 7.25. The summed E-state index contributed by atoms with van der Waals surface area (Å²) < 4.78 is 26.2. The molecule has 19 heavy (non-hydrogen) atoms. The van der Waals surface area contributed by atoms with Gasteiger partial charge in [0.25, 0.3) is 0 Å². The Morgan fingerprint density at radius 1 is 1.32 bits per heavy atom. The molecule has 0 saturated carbocycles. The number of hydrogen-bond donors (Lipinski definition) is 2. The fraction of sp³-hybridized carbons (Fsp3) is 0.462. The van der Waals surface area contributed by atoms with Crippen LogP contribution in [0.25, 0.3) is 0 Å². The van der Waals surface area contributed by atoms with Crippen molar-refractivity contribution >= 4 is 16.0 Å². The van der Waals surface area contributed by atoms with Crippen LogP contribution in [-0.2, 0) is 20.6 Å². The van der Waals surface area contributed by atoms with E-state index >= 15 is 0 Å². The Hall–Kier alpha value is -1.40. The molecule has 5 nitrogen and oxygen atoms in total. The van der Waals surface area contributed by atoms with E-state index in [2.05, 4.69) is 4.72 Å². The summed E-state index contributed by atoms with van der Waals surface area (Å²) in [4.78, 5) is 10.6. The van der Waals surface area contributed by atoms with Gasteiger partial charge in [0, 0.05) is 13.0 Å². The van der Waals surface area contributed by atoms with Crippen molar-refractivity contribution < 1.29 is 18.3 Å². The van der Waals surface area contributed by atoms with E-state index in [1.165, 1.54) is 0 Å². The van der Waals surface area contributed by atoms with E-state index in [0.717, 1.165) is 0 Å². The number of rotatable bonds is 8. The van der Waals surface area contributed by atoms with Gasteiger partial charge in [0.05, 0.1) is 5.75 Å². The quantitative estimate of drug-likeness (QED) is 0.760. The molecule has 1 aromatic rings. The average molecular weight is 285 g/mol. The standard InChI is InChI=1S/C13H19NO4S/c1-2-11(8-13(15)16)9-14-19(17,18)10-12-6-4-3-5-7-12/h3-7,11,14H,2,8-10H2,1H3,(H,15,16). The zero-order chi connectivity index (χ0) is 14.3. The second-order valence-corrected chi connectivity index (χ2v) is 6.27. The third-order valence-corrected chi connectivity index (χ3v) is 4.15. The summed E-state index contributed by atoms with van der Waals surface area (Å²) in [5, 5.41) is 8.70. The molecule has 106 valence electrons. The van der Waals surface area contributed by atoms with Gasteiger partial charge in [-0.3, -0.25) is 4.79 Å². The Balaban J connectivity index is 2.53. The number of nitrogens with one attached hydrogen (secondary N) is 1. The third-order valence-electron chi connectivity index (χ3n) is 2.83. The maximum absolute atomic E-state index is 11.8. The van der Waals surface area contributed by atoms with Gasteiger partial charge >= 0.3 is 5.97 Å². The summed E-state index contributed by atoms with van der Waals surface area (Å²) in [6.45, 7) is 2.01. The molecule has 0 radical (unpaired) electrons. The Bertz CT molecular complexity index is 499. The highest BCUT2D eigenvalue weighted by Crippen LogP contribution is 2.09. The SMILES string of the molecule is CCC(CNS(=O)(=O)Cc1ccccc1)CC(=O)O. The fourth-order valence-electron chi connectivity index (χ4n) is 1.70. The Morgan fingerprint density at radius 3 is 2.47 bits per heavy atom. The van der Waals surface area contributed by atoms with E-state index in [-0.39, 0.29) is 24.6 Å². The highest BCUT2D eigenvalue weighted by atomic mass is 32.2. The van der Waals surface area contributed by atoms with Crippen molar-refractivity contribution in [3.63, 3.8) is 0 Å². The molecule has 0 bridgehead atoms. The molecule has 1 unspecified atom stereocenters. The van der Waals surface area contributed by atoms with E-state index in [9.17, 15) is 13.2 Å². The summed E-state index contributed by atoms with van der Waals surface area (Å²) in [6, 6.07) is 8.87. The normalized spacial score (nSPS) is 13.1. The maximum atomic E-state index is 11.8. The van der Waals surface area contributed by atoms with Crippen LogP contribution in [0.15, 0.2) is 30.3 Å². The van der Waals surface area contributed by atoms with Crippen LogP contribution in [0.3, 0.4) is 0 Å². The zero-order valence-electron chi connectivity index (χ0n) is 10.9. The van der Waals surface area contributed by atoms with Gasteiger partial charge in [-0.1, -0.05) is 43.7 Å². The number of sulfonamides is 1. The van der Waals surface area contributed by atoms with Gasteiger partial charge in [0.1, 0.15) is 0 Å². The third kappa shape index (κ3) is 6.35. The van der Waals surface area contributed by atoms with Crippen LogP contribution in [0.5, 0.6) is 0 Å². The predicted molar refractivity (Wildman–Crippen MR) is 73.1 cm³/mol. The van der Waals surface area contributed by atoms with E-state index < -0.39 is 16.0 Å². The number of carbonyl (C=O) groups is 1. The molecule has 0 heterocycles. The van der Waals surface area contributed by atoms with Gasteiger partial charge in [0.2, 0.25) is 10.0 Å². The molecule has 0 saturated heterocycles. The molecule has 6 heteroatoms. The van der Waals surface area contributed by atoms with Crippen molar-refractivity contribution in [2.75, 3.05) is 6.54 Å². The lowest BCUT2D eigenvalue weighted by Gasteiger charge is -2.13. The van der Waals surface area contributed by atoms with Gasteiger partial charge in [-0.15, -0.1) is 0 Å². The Kier molecular flexibility index (Phi) is 5.98. The van der Waals surface area contributed by atoms with Crippen LogP contribution in [0.4, 0.5) is 0 Å². The molecule has 1 rings (SSSR count). The molecule has 1 atom stereocenters. The first-order valence-corrected chi connectivity index (χ1v) is 7.81. The van der Waals surface area contributed by atoms with Crippen LogP contribution >= 0.6 is 0 Å². The molecule has 0 amide bonds. The highest BCUT2D eigenvalue weighted by Gasteiger charge is 2.16. The summed E-state index contributed by atoms with van der Waals surface area (Å²) in [7, 11) is -3.42. The van der Waals surface area contributed by atoms with Crippen molar-refractivity contribution in [2.45, 2.75) is 25.5 Å². The molecule has 0 aliphatic heterocycles. The van der Waals surface area contributed by atoms with Crippen LogP contribution in [0.2, 0.25) is 0 Å². The minimum Gasteiger partial charge on any atom is -0.481 e. The summed E-state index contributed by atoms with van der Waals surface area (Å²) >= 11 is 0. The van der Waals surface area contributed by atoms with Gasteiger partial charge in [-0.2, -0.15) is 0 Å². The van der Waals surface area contributed by atoms with Gasteiger partial charge in [-0.25, -0.2) is 13.1 Å². The summed E-state index contributed by atoms with van der Waals surface area (Å²) in [5.41, 5.74) is 0.710. The minimum atomic E-state index is -3.42. The summed E-state index contributed by atoms with van der Waals surface area (Å²) in [5.74, 6) is -1.17. The first-order chi connectivity index (χ1) is 8.93. The Morgan fingerprint density at radius 2 is 1.95 bits per heavy atom. The lowest BCUT2D eigenvalue weighted by Crippen LogP contribution is -2.31. The van der Waals surface area contributed by atoms with Crippen molar-refractivity contribution in [1.29, 1.82) is 0 Å². The molecular weight excluding hydrogens is 266 g/mol. The second-order valence-electron chi connectivity index (χ2n) is 4.47. The van der Waals surface area contributed by atoms with Crippen LogP contribution in [-0.4, -0.2) is 26.0 Å². The van der Waals surface area contributed by atoms with Gasteiger partial charge < -0.3 is 5.11 Å². The van der Waals surface area contributed by atoms with Gasteiger partial charge in [-0.05, 0) is 11.5 Å². The topological polar surface area (TPSA) is 83.5 Å². The number of hydrogen-bond acceptors (Lipinski definition) is 3. The first-order valence-electron chi connectivity index (χ1n) is 6.16. The highest BCUT2D eigenvalue weighted by molar-refractivity contribution is 7.88. The van der Waals surface area contributed by atoms with E-state index in [1.54, 1.807) is 24.3 Å². The molecule has 2 N–H and O–H groups in total. The molecule has 0 fully saturated rings. The minimum absolute atomic E-state index is 0.0235. The van der Waals surface area contributed by atoms with Crippen LogP contribution < -0.4 is 4.72 Å². The van der Waals surface area contributed by atoms with Crippen LogP contribution in [0, 0.1) is 5.92 Å². The van der Waals surface area contributed by atoms with Crippen molar-refractivity contribution in [1.82, 2.24) is 4.72 Å². The van der Waals surface area contributed by atoms with Crippen molar-refractivity contribution in [2.24, 2.45) is 5.92 Å². The lowest BCUT2D eigenvalue weighted by molar-refractivity contribution is -0.138. The smallest absolute Gasteiger partial charge is 0.303 e. The summed E-state index contributed by atoms with van der Waals surface area (Å²) in [6.07, 6.45) is 0.602. The van der Waals surface area contributed by atoms with E-state index in [4.69, 9.17) is 5.11 Å². The van der Waals surface area contributed by atoms with Crippen molar-refractivity contribution in [3.05, 3.63) is 35.9 Å². The largest absolute Gasteiger partial charge is 0.481 e. The first kappa shape index (κ1) is 15.7. The maximum Gasteiger partial charge on any atom is 0.303 e.